The Morgan fingerprint density at radius 1 is 1.06 bits per heavy atom. The minimum absolute atomic E-state index is 0.00145. The summed E-state index contributed by atoms with van der Waals surface area (Å²) in [5.74, 6) is 0.279. The number of nitrogens with zero attached hydrogens (tertiary/aromatic N) is 4. The Hall–Kier alpha value is -2.01. The van der Waals surface area contributed by atoms with E-state index in [2.05, 4.69) is 9.97 Å². The minimum atomic E-state index is -3.53. The van der Waals surface area contributed by atoms with Crippen molar-refractivity contribution in [1.29, 1.82) is 0 Å². The third kappa shape index (κ3) is 4.09. The molecule has 1 saturated heterocycles. The van der Waals surface area contributed by atoms with E-state index in [1.165, 1.54) is 28.0 Å². The Kier molecular flexibility index (Phi) is 5.72. The molecular weight excluding hydrogens is 452 g/mol. The van der Waals surface area contributed by atoms with E-state index in [-0.39, 0.29) is 11.7 Å². The van der Waals surface area contributed by atoms with E-state index in [1.807, 2.05) is 23.6 Å². The summed E-state index contributed by atoms with van der Waals surface area (Å²) in [5.41, 5.74) is 2.41. The van der Waals surface area contributed by atoms with Crippen LogP contribution in [0.5, 0.6) is 0 Å². The lowest BCUT2D eigenvalue weighted by Crippen LogP contribution is -2.51. The van der Waals surface area contributed by atoms with Gasteiger partial charge in [0.1, 0.15) is 16.2 Å². The van der Waals surface area contributed by atoms with Crippen molar-refractivity contribution in [3.63, 3.8) is 0 Å². The van der Waals surface area contributed by atoms with Crippen molar-refractivity contribution in [3.05, 3.63) is 47.1 Å². The zero-order valence-corrected chi connectivity index (χ0v) is 19.3. The average Bonchev–Trinajstić information content (AvgIpc) is 3.46. The number of sulfonamides is 1. The molecule has 0 unspecified atom stereocenters. The second kappa shape index (κ2) is 8.50. The highest BCUT2D eigenvalue weighted by atomic mass is 32.2. The number of thioether (sulfide) groups is 1. The molecule has 0 saturated carbocycles. The van der Waals surface area contributed by atoms with Gasteiger partial charge in [0.15, 0.2) is 0 Å². The summed E-state index contributed by atoms with van der Waals surface area (Å²) in [6, 6.07) is 7.47. The summed E-state index contributed by atoms with van der Waals surface area (Å²) in [4.78, 5) is 24.2. The SMILES string of the molecule is O=C(CSc1ncnc2sccc12)N1CCN(S(=O)(=O)c2ccc3c(c2)CCC3)CC1. The molecule has 0 N–H and O–H groups in total. The van der Waals surface area contributed by atoms with Gasteiger partial charge in [0, 0.05) is 31.6 Å². The molecule has 0 spiro atoms. The first-order valence-corrected chi connectivity index (χ1v) is 13.5. The van der Waals surface area contributed by atoms with Crippen LogP contribution in [0.3, 0.4) is 0 Å². The summed E-state index contributed by atoms with van der Waals surface area (Å²) in [5, 5.41) is 3.74. The van der Waals surface area contributed by atoms with Gasteiger partial charge in [-0.05, 0) is 54.0 Å². The van der Waals surface area contributed by atoms with E-state index < -0.39 is 10.0 Å². The fourth-order valence-electron chi connectivity index (χ4n) is 4.14. The molecule has 1 amide bonds. The molecule has 0 radical (unpaired) electrons. The number of piperazine rings is 1. The van der Waals surface area contributed by atoms with Crippen molar-refractivity contribution in [3.8, 4) is 0 Å². The summed E-state index contributed by atoms with van der Waals surface area (Å²) >= 11 is 2.95. The van der Waals surface area contributed by atoms with Crippen LogP contribution in [-0.2, 0) is 27.7 Å². The van der Waals surface area contributed by atoms with E-state index in [4.69, 9.17) is 0 Å². The maximum Gasteiger partial charge on any atom is 0.243 e. The van der Waals surface area contributed by atoms with Crippen LogP contribution in [0.2, 0.25) is 0 Å². The first kappa shape index (κ1) is 20.9. The number of hydrogen-bond acceptors (Lipinski definition) is 7. The predicted molar refractivity (Wildman–Crippen MR) is 122 cm³/mol. The van der Waals surface area contributed by atoms with Crippen molar-refractivity contribution in [2.45, 2.75) is 29.2 Å². The monoisotopic (exact) mass is 474 g/mol. The third-order valence-corrected chi connectivity index (χ3v) is 9.56. The van der Waals surface area contributed by atoms with Gasteiger partial charge in [-0.3, -0.25) is 4.79 Å². The second-order valence-corrected chi connectivity index (χ2v) is 11.5. The molecule has 1 aliphatic heterocycles. The Labute approximate surface area is 189 Å². The van der Waals surface area contributed by atoms with Crippen LogP contribution in [0.4, 0.5) is 0 Å². The third-order valence-electron chi connectivity index (χ3n) is 5.86. The molecule has 5 rings (SSSR count). The van der Waals surface area contributed by atoms with Crippen LogP contribution in [0.25, 0.3) is 10.2 Å². The van der Waals surface area contributed by atoms with Crippen molar-refractivity contribution >= 4 is 49.2 Å². The molecule has 2 aliphatic rings. The van der Waals surface area contributed by atoms with Crippen molar-refractivity contribution < 1.29 is 13.2 Å². The number of aryl methyl sites for hydroxylation is 2. The van der Waals surface area contributed by atoms with E-state index in [9.17, 15) is 13.2 Å². The molecule has 7 nitrogen and oxygen atoms in total. The standard InChI is InChI=1S/C21H22N4O3S3/c26-19(13-30-21-18-6-11-29-20(18)22-14-23-21)24-7-9-25(10-8-24)31(27,28)17-5-4-15-2-1-3-16(15)12-17/h4-6,11-12,14H,1-3,7-10,13H2. The number of rotatable bonds is 5. The van der Waals surface area contributed by atoms with Crippen LogP contribution in [0.15, 0.2) is 45.9 Å². The molecule has 3 aromatic rings. The number of amides is 1. The van der Waals surface area contributed by atoms with E-state index in [1.54, 1.807) is 22.3 Å². The number of hydrogen-bond donors (Lipinski definition) is 0. The highest BCUT2D eigenvalue weighted by Gasteiger charge is 2.31. The van der Waals surface area contributed by atoms with E-state index in [0.29, 0.717) is 31.1 Å². The lowest BCUT2D eigenvalue weighted by Gasteiger charge is -2.34. The molecule has 1 aromatic carbocycles. The minimum Gasteiger partial charge on any atom is -0.339 e. The van der Waals surface area contributed by atoms with Gasteiger partial charge in [-0.25, -0.2) is 18.4 Å². The van der Waals surface area contributed by atoms with E-state index >= 15 is 0 Å². The van der Waals surface area contributed by atoms with Gasteiger partial charge < -0.3 is 4.90 Å². The molecule has 0 atom stereocenters. The lowest BCUT2D eigenvalue weighted by molar-refractivity contribution is -0.129. The zero-order valence-electron chi connectivity index (χ0n) is 16.9. The largest absolute Gasteiger partial charge is 0.339 e. The quantitative estimate of drug-likeness (QED) is 0.418. The molecule has 162 valence electrons. The number of carbonyl (C=O) groups excluding carboxylic acids is 1. The first-order chi connectivity index (χ1) is 15.0. The van der Waals surface area contributed by atoms with Gasteiger partial charge >= 0.3 is 0 Å². The van der Waals surface area contributed by atoms with Crippen molar-refractivity contribution in [2.75, 3.05) is 31.9 Å². The zero-order chi connectivity index (χ0) is 21.4. The Balaban J connectivity index is 1.20. The topological polar surface area (TPSA) is 83.5 Å². The maximum absolute atomic E-state index is 13.1. The van der Waals surface area contributed by atoms with Gasteiger partial charge in [0.2, 0.25) is 15.9 Å². The number of aromatic nitrogens is 2. The van der Waals surface area contributed by atoms with Crippen LogP contribution >= 0.6 is 23.1 Å². The molecule has 3 heterocycles. The average molecular weight is 475 g/mol. The van der Waals surface area contributed by atoms with Crippen LogP contribution in [-0.4, -0.2) is 65.4 Å². The van der Waals surface area contributed by atoms with Gasteiger partial charge in [-0.15, -0.1) is 11.3 Å². The fourth-order valence-corrected chi connectivity index (χ4v) is 7.29. The van der Waals surface area contributed by atoms with Crippen LogP contribution in [0.1, 0.15) is 17.5 Å². The Morgan fingerprint density at radius 3 is 2.71 bits per heavy atom. The number of carbonyl (C=O) groups is 1. The predicted octanol–water partition coefficient (Wildman–Crippen LogP) is 2.81. The van der Waals surface area contributed by atoms with Gasteiger partial charge in [0.05, 0.1) is 10.6 Å². The molecule has 1 aliphatic carbocycles. The maximum atomic E-state index is 13.1. The lowest BCUT2D eigenvalue weighted by atomic mass is 10.1. The Morgan fingerprint density at radius 2 is 1.87 bits per heavy atom. The van der Waals surface area contributed by atoms with Crippen LogP contribution in [0, 0.1) is 0 Å². The Bertz CT molecular complexity index is 1230. The van der Waals surface area contributed by atoms with Gasteiger partial charge in [-0.1, -0.05) is 17.8 Å². The molecular formula is C21H22N4O3S3. The van der Waals surface area contributed by atoms with Gasteiger partial charge in [0.25, 0.3) is 0 Å². The molecule has 10 heteroatoms. The normalized spacial score (nSPS) is 17.2. The summed E-state index contributed by atoms with van der Waals surface area (Å²) in [7, 11) is -3.53. The van der Waals surface area contributed by atoms with Gasteiger partial charge in [-0.2, -0.15) is 4.31 Å². The highest BCUT2D eigenvalue weighted by Crippen LogP contribution is 2.29. The first-order valence-electron chi connectivity index (χ1n) is 10.2. The van der Waals surface area contributed by atoms with Crippen molar-refractivity contribution in [1.82, 2.24) is 19.2 Å². The summed E-state index contributed by atoms with van der Waals surface area (Å²) < 4.78 is 27.7. The highest BCUT2D eigenvalue weighted by molar-refractivity contribution is 8.00. The number of benzene rings is 1. The fraction of sp³-hybridized carbons (Fsp3) is 0.381. The molecule has 0 bridgehead atoms. The van der Waals surface area contributed by atoms with Crippen LogP contribution < -0.4 is 0 Å². The second-order valence-electron chi connectivity index (χ2n) is 7.68. The number of fused-ring (bicyclic) bond motifs is 2. The molecule has 2 aromatic heterocycles. The van der Waals surface area contributed by atoms with Crippen molar-refractivity contribution in [2.24, 2.45) is 0 Å². The number of thiophene rings is 1. The summed E-state index contributed by atoms with van der Waals surface area (Å²) in [6.45, 7) is 1.44. The smallest absolute Gasteiger partial charge is 0.243 e. The van der Waals surface area contributed by atoms with E-state index in [0.717, 1.165) is 40.1 Å². The summed E-state index contributed by atoms with van der Waals surface area (Å²) in [6.07, 6.45) is 4.59. The molecule has 1 fully saturated rings. The molecule has 31 heavy (non-hydrogen) atoms.